The predicted molar refractivity (Wildman–Crippen MR) is 96.3 cm³/mol. The fraction of sp³-hybridized carbons (Fsp3) is 0.412. The quantitative estimate of drug-likeness (QED) is 0.724. The lowest BCUT2D eigenvalue weighted by molar-refractivity contribution is -0.147. The van der Waals surface area contributed by atoms with Gasteiger partial charge in [-0.1, -0.05) is 19.9 Å². The predicted octanol–water partition coefficient (Wildman–Crippen LogP) is 2.03. The first-order valence-electron chi connectivity index (χ1n) is 7.94. The van der Waals surface area contributed by atoms with E-state index in [4.69, 9.17) is 4.74 Å². The van der Waals surface area contributed by atoms with E-state index in [2.05, 4.69) is 15.3 Å². The molecule has 0 aliphatic heterocycles. The Kier molecular flexibility index (Phi) is 6.88. The smallest absolute Gasteiger partial charge is 0.326 e. The van der Waals surface area contributed by atoms with Crippen molar-refractivity contribution in [1.82, 2.24) is 15.3 Å². The molecule has 0 saturated carbocycles. The van der Waals surface area contributed by atoms with E-state index < -0.39 is 5.97 Å². The number of carbonyl (C=O) groups excluding carboxylic acids is 2. The Bertz CT molecular complexity index is 676. The molecule has 2 aromatic heterocycles. The molecule has 0 bridgehead atoms. The van der Waals surface area contributed by atoms with Gasteiger partial charge in [0.25, 0.3) is 5.91 Å². The van der Waals surface area contributed by atoms with E-state index >= 15 is 0 Å². The van der Waals surface area contributed by atoms with E-state index in [0.717, 1.165) is 4.88 Å². The van der Waals surface area contributed by atoms with Crippen LogP contribution in [0.25, 0.3) is 0 Å². The van der Waals surface area contributed by atoms with Gasteiger partial charge < -0.3 is 15.0 Å². The second-order valence-electron chi connectivity index (χ2n) is 5.87. The number of nitrogens with zero attached hydrogens (tertiary/aromatic N) is 3. The second kappa shape index (κ2) is 9.12. The van der Waals surface area contributed by atoms with Crippen LogP contribution in [0.5, 0.6) is 0 Å². The van der Waals surface area contributed by atoms with Crippen LogP contribution >= 0.6 is 11.3 Å². The number of esters is 1. The van der Waals surface area contributed by atoms with Gasteiger partial charge in [0.2, 0.25) is 5.95 Å². The monoisotopic (exact) mass is 362 g/mol. The summed E-state index contributed by atoms with van der Waals surface area (Å²) in [5.74, 6) is -0.178. The molecular formula is C17H22N4O3S. The van der Waals surface area contributed by atoms with Gasteiger partial charge in [-0.25, -0.2) is 9.97 Å². The number of likely N-dealkylation sites (N-methyl/N-ethyl adjacent to an activating group) is 1. The highest BCUT2D eigenvalue weighted by molar-refractivity contribution is 7.10. The molecule has 0 spiro atoms. The second-order valence-corrected chi connectivity index (χ2v) is 6.85. The Morgan fingerprint density at radius 3 is 2.60 bits per heavy atom. The van der Waals surface area contributed by atoms with Gasteiger partial charge in [0.05, 0.1) is 6.04 Å². The summed E-state index contributed by atoms with van der Waals surface area (Å²) in [4.78, 5) is 34.7. The lowest BCUT2D eigenvalue weighted by Crippen LogP contribution is -2.36. The molecule has 0 saturated heterocycles. The molecule has 0 unspecified atom stereocenters. The Hall–Kier alpha value is -2.48. The number of hydrogen-bond acceptors (Lipinski definition) is 7. The molecule has 0 aliphatic rings. The molecule has 8 heteroatoms. The van der Waals surface area contributed by atoms with Gasteiger partial charge in [-0.05, 0) is 23.4 Å². The number of aromatic nitrogens is 2. The average molecular weight is 362 g/mol. The zero-order chi connectivity index (χ0) is 18.2. The zero-order valence-corrected chi connectivity index (χ0v) is 15.3. The highest BCUT2D eigenvalue weighted by atomic mass is 32.1. The molecule has 2 rings (SSSR count). The summed E-state index contributed by atoms with van der Waals surface area (Å²) in [6, 6.07) is 5.53. The first-order valence-corrected chi connectivity index (χ1v) is 8.82. The van der Waals surface area contributed by atoms with Crippen molar-refractivity contribution in [2.24, 2.45) is 5.92 Å². The lowest BCUT2D eigenvalue weighted by atomic mass is 10.0. The highest BCUT2D eigenvalue weighted by Gasteiger charge is 2.20. The first-order chi connectivity index (χ1) is 12.0. The van der Waals surface area contributed by atoms with Crippen molar-refractivity contribution in [3.8, 4) is 0 Å². The fourth-order valence-corrected chi connectivity index (χ4v) is 3.14. The maximum absolute atomic E-state index is 12.1. The normalized spacial score (nSPS) is 11.8. The van der Waals surface area contributed by atoms with E-state index in [-0.39, 0.29) is 31.0 Å². The third-order valence-electron chi connectivity index (χ3n) is 3.46. The largest absolute Gasteiger partial charge is 0.454 e. The number of hydrogen-bond donors (Lipinski definition) is 1. The van der Waals surface area contributed by atoms with E-state index in [1.807, 2.05) is 31.4 Å². The molecule has 1 amide bonds. The van der Waals surface area contributed by atoms with Crippen molar-refractivity contribution in [3.63, 3.8) is 0 Å². The molecule has 25 heavy (non-hydrogen) atoms. The summed E-state index contributed by atoms with van der Waals surface area (Å²) in [6.07, 6.45) is 3.18. The summed E-state index contributed by atoms with van der Waals surface area (Å²) in [5, 5.41) is 4.89. The minimum atomic E-state index is -0.512. The van der Waals surface area contributed by atoms with Crippen LogP contribution < -0.4 is 10.2 Å². The number of anilines is 1. The highest BCUT2D eigenvalue weighted by Crippen LogP contribution is 2.25. The molecule has 1 atom stereocenters. The molecule has 2 heterocycles. The number of amides is 1. The van der Waals surface area contributed by atoms with Gasteiger partial charge in [-0.2, -0.15) is 0 Å². The lowest BCUT2D eigenvalue weighted by Gasteiger charge is -2.21. The van der Waals surface area contributed by atoms with Gasteiger partial charge in [-0.15, -0.1) is 11.3 Å². The third kappa shape index (κ3) is 5.82. The molecule has 2 aromatic rings. The van der Waals surface area contributed by atoms with Crippen molar-refractivity contribution < 1.29 is 14.3 Å². The van der Waals surface area contributed by atoms with Crippen LogP contribution in [0.1, 0.15) is 24.8 Å². The van der Waals surface area contributed by atoms with Crippen molar-refractivity contribution >= 4 is 29.2 Å². The average Bonchev–Trinajstić information content (AvgIpc) is 3.12. The van der Waals surface area contributed by atoms with Crippen LogP contribution in [-0.2, 0) is 14.3 Å². The summed E-state index contributed by atoms with van der Waals surface area (Å²) in [5.41, 5.74) is 0. The fourth-order valence-electron chi connectivity index (χ4n) is 2.19. The van der Waals surface area contributed by atoms with Gasteiger partial charge >= 0.3 is 5.97 Å². The van der Waals surface area contributed by atoms with E-state index in [9.17, 15) is 9.59 Å². The van der Waals surface area contributed by atoms with Crippen molar-refractivity contribution in [1.29, 1.82) is 0 Å². The standard InChI is InChI=1S/C17H22N4O3S/c1-12(2)16(13-6-4-9-25-13)20-14(22)11-24-15(23)10-21(3)17-18-7-5-8-19-17/h4-9,12,16H,10-11H2,1-3H3,(H,20,22)/t16-/m1/s1. The molecule has 0 aliphatic carbocycles. The van der Waals surface area contributed by atoms with E-state index in [1.165, 1.54) is 0 Å². The van der Waals surface area contributed by atoms with Crippen molar-refractivity contribution in [2.75, 3.05) is 25.1 Å². The number of rotatable bonds is 8. The van der Waals surface area contributed by atoms with Crippen LogP contribution in [0.4, 0.5) is 5.95 Å². The molecule has 0 aromatic carbocycles. The molecule has 0 radical (unpaired) electrons. The van der Waals surface area contributed by atoms with Gasteiger partial charge in [0.1, 0.15) is 6.54 Å². The summed E-state index contributed by atoms with van der Waals surface area (Å²) >= 11 is 1.59. The van der Waals surface area contributed by atoms with Gasteiger partial charge in [0.15, 0.2) is 6.61 Å². The maximum atomic E-state index is 12.1. The number of nitrogens with one attached hydrogen (secondary N) is 1. The Morgan fingerprint density at radius 1 is 1.28 bits per heavy atom. The topological polar surface area (TPSA) is 84.4 Å². The first kappa shape index (κ1) is 18.9. The minimum absolute atomic E-state index is 0.0319. The molecule has 134 valence electrons. The van der Waals surface area contributed by atoms with Crippen LogP contribution in [0.3, 0.4) is 0 Å². The van der Waals surface area contributed by atoms with E-state index in [0.29, 0.717) is 5.95 Å². The van der Waals surface area contributed by atoms with Crippen LogP contribution in [0.15, 0.2) is 36.0 Å². The summed E-state index contributed by atoms with van der Waals surface area (Å²) < 4.78 is 5.05. The number of carbonyl (C=O) groups is 2. The third-order valence-corrected chi connectivity index (χ3v) is 4.41. The Morgan fingerprint density at radius 2 is 2.00 bits per heavy atom. The van der Waals surface area contributed by atoms with Gasteiger partial charge in [0, 0.05) is 24.3 Å². The number of ether oxygens (including phenoxy) is 1. The molecule has 1 N–H and O–H groups in total. The summed E-state index contributed by atoms with van der Waals surface area (Å²) in [6.45, 7) is 3.73. The Labute approximate surface area is 151 Å². The summed E-state index contributed by atoms with van der Waals surface area (Å²) in [7, 11) is 1.68. The zero-order valence-electron chi connectivity index (χ0n) is 14.5. The minimum Gasteiger partial charge on any atom is -0.454 e. The maximum Gasteiger partial charge on any atom is 0.326 e. The van der Waals surface area contributed by atoms with E-state index in [1.54, 1.807) is 41.7 Å². The molecule has 7 nitrogen and oxygen atoms in total. The van der Waals surface area contributed by atoms with Crippen LogP contribution in [-0.4, -0.2) is 42.0 Å². The molecular weight excluding hydrogens is 340 g/mol. The van der Waals surface area contributed by atoms with Crippen LogP contribution in [0.2, 0.25) is 0 Å². The van der Waals surface area contributed by atoms with Gasteiger partial charge in [-0.3, -0.25) is 9.59 Å². The van der Waals surface area contributed by atoms with Crippen molar-refractivity contribution in [2.45, 2.75) is 19.9 Å². The Balaban J connectivity index is 1.80. The number of thiophene rings is 1. The molecule has 0 fully saturated rings. The van der Waals surface area contributed by atoms with Crippen molar-refractivity contribution in [3.05, 3.63) is 40.8 Å². The van der Waals surface area contributed by atoms with Crippen LogP contribution in [0, 0.1) is 5.92 Å². The SMILES string of the molecule is CC(C)[C@@H](NC(=O)COC(=O)CN(C)c1ncccn1)c1cccs1.